The van der Waals surface area contributed by atoms with Crippen molar-refractivity contribution in [2.75, 3.05) is 11.9 Å². The Labute approximate surface area is 157 Å². The Hall–Kier alpha value is -2.80. The molecule has 0 aromatic heterocycles. The van der Waals surface area contributed by atoms with Crippen molar-refractivity contribution in [3.8, 4) is 0 Å². The maximum absolute atomic E-state index is 13.9. The molecule has 0 atom stereocenters. The molecule has 7 heteroatoms. The monoisotopic (exact) mass is 371 g/mol. The standard InChI is InChI=1S/C20H22FN3O3/c1-13-9-18(19(24(26)27)10-14(13)2)22-20(25)12-23(16-7-8-16)11-15-5-3-4-6-17(15)21/h3-6,9-10,16H,7-8,11-12H2,1-2H3,(H,22,25). The maximum atomic E-state index is 13.9. The molecule has 0 unspecified atom stereocenters. The average Bonchev–Trinajstić information content (AvgIpc) is 3.44. The number of benzene rings is 2. The molecule has 1 aliphatic carbocycles. The van der Waals surface area contributed by atoms with E-state index >= 15 is 0 Å². The summed E-state index contributed by atoms with van der Waals surface area (Å²) in [6.45, 7) is 4.02. The molecular weight excluding hydrogens is 349 g/mol. The molecule has 0 radical (unpaired) electrons. The number of hydrogen-bond donors (Lipinski definition) is 1. The second-order valence-corrected chi connectivity index (χ2v) is 6.99. The van der Waals surface area contributed by atoms with E-state index in [9.17, 15) is 19.3 Å². The van der Waals surface area contributed by atoms with Crippen LogP contribution in [-0.4, -0.2) is 28.3 Å². The molecule has 2 aromatic rings. The lowest BCUT2D eigenvalue weighted by atomic mass is 10.1. The number of rotatable bonds is 7. The molecule has 1 fully saturated rings. The molecule has 1 amide bonds. The minimum absolute atomic E-state index is 0.0586. The predicted molar refractivity (Wildman–Crippen MR) is 101 cm³/mol. The molecule has 1 aliphatic rings. The van der Waals surface area contributed by atoms with Crippen LogP contribution in [0.25, 0.3) is 0 Å². The van der Waals surface area contributed by atoms with E-state index in [1.54, 1.807) is 31.2 Å². The van der Waals surface area contributed by atoms with Gasteiger partial charge in [-0.15, -0.1) is 0 Å². The zero-order valence-electron chi connectivity index (χ0n) is 15.4. The van der Waals surface area contributed by atoms with Crippen LogP contribution in [-0.2, 0) is 11.3 Å². The van der Waals surface area contributed by atoms with Gasteiger partial charge in [0.05, 0.1) is 11.5 Å². The van der Waals surface area contributed by atoms with Gasteiger partial charge >= 0.3 is 0 Å². The molecule has 0 heterocycles. The number of nitrogens with zero attached hydrogens (tertiary/aromatic N) is 2. The first kappa shape index (κ1) is 19.0. The van der Waals surface area contributed by atoms with Crippen LogP contribution in [0.3, 0.4) is 0 Å². The van der Waals surface area contributed by atoms with Crippen molar-refractivity contribution < 1.29 is 14.1 Å². The second-order valence-electron chi connectivity index (χ2n) is 6.99. The quantitative estimate of drug-likeness (QED) is 0.591. The summed E-state index contributed by atoms with van der Waals surface area (Å²) in [7, 11) is 0. The zero-order valence-corrected chi connectivity index (χ0v) is 15.4. The van der Waals surface area contributed by atoms with Crippen LogP contribution < -0.4 is 5.32 Å². The highest BCUT2D eigenvalue weighted by atomic mass is 19.1. The fourth-order valence-electron chi connectivity index (χ4n) is 3.03. The van der Waals surface area contributed by atoms with E-state index in [0.29, 0.717) is 12.1 Å². The lowest BCUT2D eigenvalue weighted by Crippen LogP contribution is -2.34. The molecule has 0 aliphatic heterocycles. The third kappa shape index (κ3) is 4.68. The molecule has 6 nitrogen and oxygen atoms in total. The highest BCUT2D eigenvalue weighted by Crippen LogP contribution is 2.30. The molecule has 0 bridgehead atoms. The second kappa shape index (κ2) is 7.84. The molecule has 1 N–H and O–H groups in total. The van der Waals surface area contributed by atoms with Crippen molar-refractivity contribution >= 4 is 17.3 Å². The van der Waals surface area contributed by atoms with Crippen molar-refractivity contribution in [3.63, 3.8) is 0 Å². The summed E-state index contributed by atoms with van der Waals surface area (Å²) < 4.78 is 13.9. The number of nitrogens with one attached hydrogen (secondary N) is 1. The normalized spacial score (nSPS) is 13.6. The van der Waals surface area contributed by atoms with Gasteiger partial charge in [0.25, 0.3) is 5.69 Å². The van der Waals surface area contributed by atoms with Crippen LogP contribution in [0.15, 0.2) is 36.4 Å². The molecule has 0 saturated heterocycles. The van der Waals surface area contributed by atoms with Crippen molar-refractivity contribution in [2.45, 2.75) is 39.3 Å². The summed E-state index contributed by atoms with van der Waals surface area (Å²) >= 11 is 0. The fourth-order valence-corrected chi connectivity index (χ4v) is 3.03. The number of nitro groups is 1. The zero-order chi connectivity index (χ0) is 19.6. The van der Waals surface area contributed by atoms with Crippen molar-refractivity contribution in [3.05, 3.63) is 69.0 Å². The number of halogens is 1. The summed E-state index contributed by atoms with van der Waals surface area (Å²) in [4.78, 5) is 25.2. The summed E-state index contributed by atoms with van der Waals surface area (Å²) in [6.07, 6.45) is 1.93. The SMILES string of the molecule is Cc1cc(NC(=O)CN(Cc2ccccc2F)C2CC2)c([N+](=O)[O-])cc1C. The van der Waals surface area contributed by atoms with Crippen LogP contribution in [0.1, 0.15) is 29.5 Å². The number of aryl methyl sites for hydroxylation is 2. The largest absolute Gasteiger partial charge is 0.319 e. The highest BCUT2D eigenvalue weighted by Gasteiger charge is 2.31. The predicted octanol–water partition coefficient (Wildman–Crippen LogP) is 3.95. The van der Waals surface area contributed by atoms with Crippen LogP contribution in [0.4, 0.5) is 15.8 Å². The van der Waals surface area contributed by atoms with E-state index < -0.39 is 4.92 Å². The Kier molecular flexibility index (Phi) is 5.51. The van der Waals surface area contributed by atoms with Gasteiger partial charge in [0, 0.05) is 24.2 Å². The molecule has 1 saturated carbocycles. The van der Waals surface area contributed by atoms with E-state index in [4.69, 9.17) is 0 Å². The minimum Gasteiger partial charge on any atom is -0.319 e. The topological polar surface area (TPSA) is 75.5 Å². The van der Waals surface area contributed by atoms with Gasteiger partial charge in [-0.2, -0.15) is 0 Å². The number of carbonyl (C=O) groups is 1. The van der Waals surface area contributed by atoms with Gasteiger partial charge in [-0.05, 0) is 49.9 Å². The van der Waals surface area contributed by atoms with Crippen LogP contribution in [0, 0.1) is 29.8 Å². The summed E-state index contributed by atoms with van der Waals surface area (Å²) in [5.74, 6) is -0.641. The molecular formula is C20H22FN3O3. The van der Waals surface area contributed by atoms with Crippen LogP contribution >= 0.6 is 0 Å². The fraction of sp³-hybridized carbons (Fsp3) is 0.350. The third-order valence-electron chi connectivity index (χ3n) is 4.82. The number of amides is 1. The van der Waals surface area contributed by atoms with Gasteiger partial charge in [0.2, 0.25) is 5.91 Å². The Balaban J connectivity index is 1.73. The van der Waals surface area contributed by atoms with Crippen molar-refractivity contribution in [2.24, 2.45) is 0 Å². The summed E-state index contributed by atoms with van der Waals surface area (Å²) in [6, 6.07) is 9.82. The Morgan fingerprint density at radius 3 is 2.56 bits per heavy atom. The summed E-state index contributed by atoms with van der Waals surface area (Å²) in [5.41, 5.74) is 2.25. The Morgan fingerprint density at radius 2 is 1.93 bits per heavy atom. The number of nitro benzene ring substituents is 1. The van der Waals surface area contributed by atoms with Crippen LogP contribution in [0.2, 0.25) is 0 Å². The first-order valence-corrected chi connectivity index (χ1v) is 8.88. The highest BCUT2D eigenvalue weighted by molar-refractivity contribution is 5.94. The van der Waals surface area contributed by atoms with Gasteiger partial charge in [0.1, 0.15) is 11.5 Å². The van der Waals surface area contributed by atoms with Crippen LogP contribution in [0.5, 0.6) is 0 Å². The molecule has 3 rings (SSSR count). The molecule has 2 aromatic carbocycles. The first-order valence-electron chi connectivity index (χ1n) is 8.88. The van der Waals surface area contributed by atoms with E-state index in [2.05, 4.69) is 5.32 Å². The van der Waals surface area contributed by atoms with E-state index in [0.717, 1.165) is 24.0 Å². The smallest absolute Gasteiger partial charge is 0.293 e. The first-order chi connectivity index (χ1) is 12.8. The lowest BCUT2D eigenvalue weighted by molar-refractivity contribution is -0.384. The maximum Gasteiger partial charge on any atom is 0.293 e. The number of hydrogen-bond acceptors (Lipinski definition) is 4. The number of anilines is 1. The van der Waals surface area contributed by atoms with E-state index in [1.165, 1.54) is 12.1 Å². The summed E-state index contributed by atoms with van der Waals surface area (Å²) in [5, 5.41) is 13.9. The van der Waals surface area contributed by atoms with E-state index in [-0.39, 0.29) is 35.7 Å². The van der Waals surface area contributed by atoms with Crippen molar-refractivity contribution in [1.82, 2.24) is 4.90 Å². The van der Waals surface area contributed by atoms with E-state index in [1.807, 2.05) is 11.8 Å². The van der Waals surface area contributed by atoms with Gasteiger partial charge in [0.15, 0.2) is 0 Å². The van der Waals surface area contributed by atoms with Gasteiger partial charge < -0.3 is 5.32 Å². The molecule has 142 valence electrons. The Morgan fingerprint density at radius 1 is 1.26 bits per heavy atom. The lowest BCUT2D eigenvalue weighted by Gasteiger charge is -2.22. The number of carbonyl (C=O) groups excluding carboxylic acids is 1. The van der Waals surface area contributed by atoms with Gasteiger partial charge in [-0.3, -0.25) is 19.8 Å². The Bertz CT molecular complexity index is 881. The molecule has 0 spiro atoms. The minimum atomic E-state index is -0.500. The van der Waals surface area contributed by atoms with Crippen molar-refractivity contribution in [1.29, 1.82) is 0 Å². The third-order valence-corrected chi connectivity index (χ3v) is 4.82. The van der Waals surface area contributed by atoms with Gasteiger partial charge in [-0.1, -0.05) is 18.2 Å². The van der Waals surface area contributed by atoms with Gasteiger partial charge in [-0.25, -0.2) is 4.39 Å². The average molecular weight is 371 g/mol. The molecule has 27 heavy (non-hydrogen) atoms.